The first kappa shape index (κ1) is 15.3. The van der Waals surface area contributed by atoms with E-state index in [1.54, 1.807) is 18.2 Å². The molecule has 0 saturated heterocycles. The number of rotatable bonds is 4. The van der Waals surface area contributed by atoms with Crippen LogP contribution in [0.5, 0.6) is 0 Å². The molecule has 1 aliphatic carbocycles. The van der Waals surface area contributed by atoms with Crippen molar-refractivity contribution in [1.82, 2.24) is 5.32 Å². The van der Waals surface area contributed by atoms with Gasteiger partial charge in [0.1, 0.15) is 0 Å². The molecular weight excluding hydrogens is 346 g/mol. The van der Waals surface area contributed by atoms with E-state index in [1.807, 2.05) is 0 Å². The molecule has 20 heavy (non-hydrogen) atoms. The zero-order chi connectivity index (χ0) is 14.8. The van der Waals surface area contributed by atoms with E-state index in [0.29, 0.717) is 27.9 Å². The number of hydrogen-bond donors (Lipinski definition) is 2. The predicted molar refractivity (Wildman–Crippen MR) is 80.1 cm³/mol. The molecule has 1 aliphatic rings. The maximum Gasteiger partial charge on any atom is 0.305 e. The standard InChI is InChI=1S/C14H15BrClNO3/c15-10-5-3-4-9(12(10)16)13(20)17-14(8-11(18)19)6-1-2-7-14/h3-5H,1-2,6-8H2,(H,17,20)(H,18,19). The van der Waals surface area contributed by atoms with Crippen molar-refractivity contribution in [3.63, 3.8) is 0 Å². The van der Waals surface area contributed by atoms with Crippen LogP contribution in [0.15, 0.2) is 22.7 Å². The lowest BCUT2D eigenvalue weighted by molar-refractivity contribution is -0.138. The van der Waals surface area contributed by atoms with Crippen LogP contribution in [0.1, 0.15) is 42.5 Å². The molecule has 0 spiro atoms. The molecule has 1 saturated carbocycles. The van der Waals surface area contributed by atoms with Gasteiger partial charge in [-0.2, -0.15) is 0 Å². The summed E-state index contributed by atoms with van der Waals surface area (Å²) in [7, 11) is 0. The predicted octanol–water partition coefficient (Wildman–Crippen LogP) is 3.62. The number of carboxylic acid groups (broad SMARTS) is 1. The highest BCUT2D eigenvalue weighted by atomic mass is 79.9. The Kier molecular flexibility index (Phi) is 4.70. The van der Waals surface area contributed by atoms with Crippen LogP contribution >= 0.6 is 27.5 Å². The molecule has 1 aromatic carbocycles. The van der Waals surface area contributed by atoms with E-state index in [2.05, 4.69) is 21.2 Å². The van der Waals surface area contributed by atoms with Gasteiger partial charge in [-0.15, -0.1) is 0 Å². The summed E-state index contributed by atoms with van der Waals surface area (Å²) in [6, 6.07) is 5.11. The summed E-state index contributed by atoms with van der Waals surface area (Å²) in [5.41, 5.74) is -0.285. The lowest BCUT2D eigenvalue weighted by atomic mass is 9.92. The number of carboxylic acids is 1. The van der Waals surface area contributed by atoms with Gasteiger partial charge < -0.3 is 10.4 Å². The highest BCUT2D eigenvalue weighted by Gasteiger charge is 2.37. The Morgan fingerprint density at radius 3 is 2.60 bits per heavy atom. The van der Waals surface area contributed by atoms with Gasteiger partial charge in [-0.05, 0) is 40.9 Å². The Bertz CT molecular complexity index is 541. The molecule has 1 aromatic rings. The molecule has 0 bridgehead atoms. The fraction of sp³-hybridized carbons (Fsp3) is 0.429. The molecule has 1 amide bonds. The second-order valence-corrected chi connectivity index (χ2v) is 6.35. The second kappa shape index (κ2) is 6.14. The van der Waals surface area contributed by atoms with Crippen LogP contribution in [-0.2, 0) is 4.79 Å². The minimum Gasteiger partial charge on any atom is -0.481 e. The number of halogens is 2. The first-order chi connectivity index (χ1) is 9.43. The van der Waals surface area contributed by atoms with Crippen molar-refractivity contribution in [1.29, 1.82) is 0 Å². The summed E-state index contributed by atoms with van der Waals surface area (Å²) >= 11 is 9.38. The minimum absolute atomic E-state index is 0.0512. The highest BCUT2D eigenvalue weighted by Crippen LogP contribution is 2.34. The van der Waals surface area contributed by atoms with Crippen molar-refractivity contribution in [3.05, 3.63) is 33.3 Å². The van der Waals surface area contributed by atoms with E-state index < -0.39 is 11.5 Å². The quantitative estimate of drug-likeness (QED) is 0.862. The molecule has 4 nitrogen and oxygen atoms in total. The van der Waals surface area contributed by atoms with Crippen molar-refractivity contribution < 1.29 is 14.7 Å². The first-order valence-electron chi connectivity index (χ1n) is 6.42. The lowest BCUT2D eigenvalue weighted by Crippen LogP contribution is -2.47. The molecule has 0 aliphatic heterocycles. The van der Waals surface area contributed by atoms with Crippen LogP contribution in [0.4, 0.5) is 0 Å². The Morgan fingerprint density at radius 1 is 1.35 bits per heavy atom. The normalized spacial score (nSPS) is 16.9. The molecule has 0 aromatic heterocycles. The Morgan fingerprint density at radius 2 is 2.00 bits per heavy atom. The van der Waals surface area contributed by atoms with Gasteiger partial charge >= 0.3 is 5.97 Å². The number of hydrogen-bond acceptors (Lipinski definition) is 2. The van der Waals surface area contributed by atoms with Crippen LogP contribution in [-0.4, -0.2) is 22.5 Å². The van der Waals surface area contributed by atoms with Crippen molar-refractivity contribution in [2.24, 2.45) is 0 Å². The van der Waals surface area contributed by atoms with E-state index in [-0.39, 0.29) is 12.3 Å². The van der Waals surface area contributed by atoms with Gasteiger partial charge in [0, 0.05) is 4.47 Å². The van der Waals surface area contributed by atoms with Gasteiger partial charge in [-0.25, -0.2) is 0 Å². The molecule has 0 atom stereocenters. The first-order valence-corrected chi connectivity index (χ1v) is 7.59. The SMILES string of the molecule is O=C(O)CC1(NC(=O)c2cccc(Br)c2Cl)CCCC1. The molecule has 0 heterocycles. The van der Waals surface area contributed by atoms with E-state index in [1.165, 1.54) is 0 Å². The Balaban J connectivity index is 2.20. The number of nitrogens with one attached hydrogen (secondary N) is 1. The van der Waals surface area contributed by atoms with Crippen molar-refractivity contribution in [2.75, 3.05) is 0 Å². The molecule has 108 valence electrons. The van der Waals surface area contributed by atoms with Gasteiger partial charge in [0.25, 0.3) is 5.91 Å². The van der Waals surface area contributed by atoms with E-state index >= 15 is 0 Å². The molecule has 0 unspecified atom stereocenters. The summed E-state index contributed by atoms with van der Waals surface area (Å²) in [4.78, 5) is 23.4. The fourth-order valence-electron chi connectivity index (χ4n) is 2.67. The average molecular weight is 361 g/mol. The van der Waals surface area contributed by atoms with Crippen LogP contribution in [0.3, 0.4) is 0 Å². The summed E-state index contributed by atoms with van der Waals surface area (Å²) in [6.07, 6.45) is 3.19. The smallest absolute Gasteiger partial charge is 0.305 e. The number of benzene rings is 1. The zero-order valence-corrected chi connectivity index (χ0v) is 13.1. The number of carbonyl (C=O) groups excluding carboxylic acids is 1. The van der Waals surface area contributed by atoms with Gasteiger partial charge in [-0.3, -0.25) is 9.59 Å². The fourth-order valence-corrected chi connectivity index (χ4v) is 3.25. The lowest BCUT2D eigenvalue weighted by Gasteiger charge is -2.29. The number of carbonyl (C=O) groups is 2. The van der Waals surface area contributed by atoms with E-state index in [9.17, 15) is 9.59 Å². The molecule has 0 radical (unpaired) electrons. The van der Waals surface area contributed by atoms with Crippen molar-refractivity contribution in [3.8, 4) is 0 Å². The van der Waals surface area contributed by atoms with Crippen molar-refractivity contribution in [2.45, 2.75) is 37.6 Å². The van der Waals surface area contributed by atoms with E-state index in [4.69, 9.17) is 16.7 Å². The topological polar surface area (TPSA) is 66.4 Å². The third kappa shape index (κ3) is 3.33. The third-order valence-corrected chi connectivity index (χ3v) is 4.92. The largest absolute Gasteiger partial charge is 0.481 e. The molecule has 6 heteroatoms. The third-order valence-electron chi connectivity index (χ3n) is 3.63. The number of amides is 1. The summed E-state index contributed by atoms with van der Waals surface area (Å²) in [5.74, 6) is -1.22. The number of aliphatic carboxylic acids is 1. The Hall–Kier alpha value is -1.07. The maximum atomic E-state index is 12.4. The second-order valence-electron chi connectivity index (χ2n) is 5.11. The van der Waals surface area contributed by atoms with Gasteiger partial charge in [-0.1, -0.05) is 30.5 Å². The summed E-state index contributed by atoms with van der Waals surface area (Å²) < 4.78 is 0.644. The monoisotopic (exact) mass is 359 g/mol. The van der Waals surface area contributed by atoms with Crippen molar-refractivity contribution >= 4 is 39.4 Å². The highest BCUT2D eigenvalue weighted by molar-refractivity contribution is 9.10. The molecule has 2 N–H and O–H groups in total. The van der Waals surface area contributed by atoms with Crippen LogP contribution in [0.2, 0.25) is 5.02 Å². The molecule has 2 rings (SSSR count). The maximum absolute atomic E-state index is 12.4. The van der Waals surface area contributed by atoms with Crippen LogP contribution < -0.4 is 5.32 Å². The molecule has 1 fully saturated rings. The summed E-state index contributed by atoms with van der Waals surface area (Å²) in [6.45, 7) is 0. The molecular formula is C14H15BrClNO3. The van der Waals surface area contributed by atoms with Gasteiger partial charge in [0.2, 0.25) is 0 Å². The Labute approximate surface area is 130 Å². The van der Waals surface area contributed by atoms with Gasteiger partial charge in [0.05, 0.1) is 22.5 Å². The zero-order valence-electron chi connectivity index (χ0n) is 10.8. The van der Waals surface area contributed by atoms with Crippen LogP contribution in [0.25, 0.3) is 0 Å². The minimum atomic E-state index is -0.896. The summed E-state index contributed by atoms with van der Waals surface area (Å²) in [5, 5.41) is 12.3. The van der Waals surface area contributed by atoms with E-state index in [0.717, 1.165) is 12.8 Å². The van der Waals surface area contributed by atoms with Crippen LogP contribution in [0, 0.1) is 0 Å². The van der Waals surface area contributed by atoms with Gasteiger partial charge in [0.15, 0.2) is 0 Å². The average Bonchev–Trinajstić information content (AvgIpc) is 2.79.